The van der Waals surface area contributed by atoms with E-state index in [2.05, 4.69) is 22.6 Å². The van der Waals surface area contributed by atoms with Crippen LogP contribution in [-0.4, -0.2) is 11.2 Å². The number of anilines is 1. The molecule has 0 fully saturated rings. The molecular weight excluding hydrogens is 412 g/mol. The Morgan fingerprint density at radius 3 is 2.26 bits per heavy atom. The van der Waals surface area contributed by atoms with Crippen LogP contribution >= 0.6 is 11.6 Å². The van der Waals surface area contributed by atoms with Gasteiger partial charge in [0.2, 0.25) is 0 Å². The molecule has 0 aliphatic rings. The van der Waals surface area contributed by atoms with E-state index in [9.17, 15) is 4.79 Å². The number of carbonyl (C=O) groups is 1. The number of benzene rings is 3. The lowest BCUT2D eigenvalue weighted by molar-refractivity contribution is 0.121. The molecule has 0 spiro atoms. The third-order valence-corrected chi connectivity index (χ3v) is 5.32. The number of ether oxygens (including phenoxy) is 1. The molecule has 156 valence electrons. The van der Waals surface area contributed by atoms with E-state index in [-0.39, 0.29) is 0 Å². The molecule has 31 heavy (non-hydrogen) atoms. The van der Waals surface area contributed by atoms with Crippen molar-refractivity contribution < 1.29 is 14.1 Å². The van der Waals surface area contributed by atoms with E-state index >= 15 is 0 Å². The Balaban J connectivity index is 1.51. The van der Waals surface area contributed by atoms with Crippen molar-refractivity contribution in [2.45, 2.75) is 20.0 Å². The first kappa shape index (κ1) is 20.7. The lowest BCUT2D eigenvalue weighted by Crippen LogP contribution is -2.17. The van der Waals surface area contributed by atoms with Gasteiger partial charge in [-0.25, -0.2) is 4.79 Å². The second-order valence-electron chi connectivity index (χ2n) is 7.11. The summed E-state index contributed by atoms with van der Waals surface area (Å²) in [6.45, 7) is 3.53. The fourth-order valence-electron chi connectivity index (χ4n) is 3.32. The van der Waals surface area contributed by atoms with Gasteiger partial charge in [0.15, 0.2) is 5.76 Å². The van der Waals surface area contributed by atoms with Crippen LogP contribution in [0.2, 0.25) is 5.02 Å². The molecule has 1 heterocycles. The molecule has 0 unspecified atom stereocenters. The van der Waals surface area contributed by atoms with Gasteiger partial charge < -0.3 is 9.26 Å². The molecule has 3 aromatic carbocycles. The number of rotatable bonds is 5. The van der Waals surface area contributed by atoms with Crippen molar-refractivity contribution in [3.63, 3.8) is 0 Å². The van der Waals surface area contributed by atoms with Gasteiger partial charge in [0, 0.05) is 16.1 Å². The maximum atomic E-state index is 12.5. The van der Waals surface area contributed by atoms with E-state index in [1.807, 2.05) is 60.7 Å². The molecular formula is C25H21ClN2O3. The number of halogens is 1. The van der Waals surface area contributed by atoms with E-state index < -0.39 is 12.2 Å². The quantitative estimate of drug-likeness (QED) is 0.360. The maximum absolute atomic E-state index is 12.5. The highest BCUT2D eigenvalue weighted by molar-refractivity contribution is 6.31. The molecule has 0 bridgehead atoms. The van der Waals surface area contributed by atoms with E-state index in [0.29, 0.717) is 22.2 Å². The first-order valence-corrected chi connectivity index (χ1v) is 10.2. The fraction of sp³-hybridized carbons (Fsp3) is 0.120. The van der Waals surface area contributed by atoms with Crippen molar-refractivity contribution in [3.05, 3.63) is 95.1 Å². The monoisotopic (exact) mass is 432 g/mol. The molecule has 0 radical (unpaired) electrons. The van der Waals surface area contributed by atoms with Crippen LogP contribution in [-0.2, 0) is 4.74 Å². The number of hydrogen-bond donors (Lipinski definition) is 1. The van der Waals surface area contributed by atoms with Crippen LogP contribution in [0.15, 0.2) is 83.4 Å². The molecule has 0 saturated heterocycles. The van der Waals surface area contributed by atoms with Crippen LogP contribution in [0.4, 0.5) is 10.5 Å². The summed E-state index contributed by atoms with van der Waals surface area (Å²) in [6.07, 6.45) is -1.12. The van der Waals surface area contributed by atoms with Gasteiger partial charge in [-0.05, 0) is 31.0 Å². The highest BCUT2D eigenvalue weighted by Gasteiger charge is 2.20. The number of carbonyl (C=O) groups excluding carboxylic acids is 1. The van der Waals surface area contributed by atoms with Crippen LogP contribution in [0.25, 0.3) is 22.5 Å². The van der Waals surface area contributed by atoms with Gasteiger partial charge in [0.05, 0.1) is 0 Å². The topological polar surface area (TPSA) is 64.4 Å². The normalized spacial score (nSPS) is 11.7. The van der Waals surface area contributed by atoms with Gasteiger partial charge in [0.25, 0.3) is 0 Å². The minimum atomic E-state index is -0.610. The summed E-state index contributed by atoms with van der Waals surface area (Å²) < 4.78 is 11.0. The number of amides is 1. The van der Waals surface area contributed by atoms with Crippen molar-refractivity contribution in [3.8, 4) is 22.5 Å². The van der Waals surface area contributed by atoms with Gasteiger partial charge in [-0.15, -0.1) is 0 Å². The number of aryl methyl sites for hydroxylation is 1. The fourth-order valence-corrected chi connectivity index (χ4v) is 3.61. The van der Waals surface area contributed by atoms with Gasteiger partial charge in [-0.1, -0.05) is 89.6 Å². The Kier molecular flexibility index (Phi) is 6.05. The molecule has 1 aromatic heterocycles. The summed E-state index contributed by atoms with van der Waals surface area (Å²) in [7, 11) is 0. The van der Waals surface area contributed by atoms with Gasteiger partial charge in [-0.3, -0.25) is 5.32 Å². The predicted octanol–water partition coefficient (Wildman–Crippen LogP) is 7.28. The van der Waals surface area contributed by atoms with Crippen LogP contribution < -0.4 is 5.32 Å². The first-order chi connectivity index (χ1) is 15.0. The first-order valence-electron chi connectivity index (χ1n) is 9.87. The van der Waals surface area contributed by atoms with Crippen LogP contribution in [0.1, 0.15) is 24.3 Å². The third-order valence-electron chi connectivity index (χ3n) is 4.97. The van der Waals surface area contributed by atoms with Gasteiger partial charge in [0.1, 0.15) is 17.5 Å². The maximum Gasteiger partial charge on any atom is 0.412 e. The van der Waals surface area contributed by atoms with E-state index in [4.69, 9.17) is 20.9 Å². The predicted molar refractivity (Wildman–Crippen MR) is 122 cm³/mol. The zero-order valence-electron chi connectivity index (χ0n) is 17.1. The minimum Gasteiger partial charge on any atom is -0.441 e. The number of aromatic nitrogens is 1. The van der Waals surface area contributed by atoms with E-state index in [0.717, 1.165) is 22.3 Å². The molecule has 0 saturated carbocycles. The standard InChI is InChI=1S/C25H21ClN2O3/c1-16-23(27-25(29)30-17(2)21-10-6-7-11-22(21)26)24(31-28-16)20-14-12-19(13-15-20)18-8-4-3-5-9-18/h3-15,17H,1-2H3,(H,27,29)/t17-/m1/s1. The SMILES string of the molecule is Cc1noc(-c2ccc(-c3ccccc3)cc2)c1NC(=O)O[C@H](C)c1ccccc1Cl. The summed E-state index contributed by atoms with van der Waals surface area (Å²) in [5, 5.41) is 7.32. The smallest absolute Gasteiger partial charge is 0.412 e. The zero-order chi connectivity index (χ0) is 21.8. The number of hydrogen-bond acceptors (Lipinski definition) is 4. The average Bonchev–Trinajstić information content (AvgIpc) is 3.14. The van der Waals surface area contributed by atoms with Crippen LogP contribution in [0.3, 0.4) is 0 Å². The van der Waals surface area contributed by atoms with Crippen LogP contribution in [0, 0.1) is 6.92 Å². The lowest BCUT2D eigenvalue weighted by Gasteiger charge is -2.15. The molecule has 4 rings (SSSR count). The second kappa shape index (κ2) is 9.06. The molecule has 0 aliphatic heterocycles. The highest BCUT2D eigenvalue weighted by Crippen LogP contribution is 2.33. The minimum absolute atomic E-state index is 0.472. The molecule has 1 atom stereocenters. The van der Waals surface area contributed by atoms with Crippen molar-refractivity contribution >= 4 is 23.4 Å². The third kappa shape index (κ3) is 4.62. The summed E-state index contributed by atoms with van der Waals surface area (Å²) in [6, 6.07) is 25.2. The van der Waals surface area contributed by atoms with Crippen molar-refractivity contribution in [2.75, 3.05) is 5.32 Å². The van der Waals surface area contributed by atoms with E-state index in [1.54, 1.807) is 19.9 Å². The number of nitrogens with one attached hydrogen (secondary N) is 1. The average molecular weight is 433 g/mol. The number of nitrogens with zero attached hydrogens (tertiary/aromatic N) is 1. The Bertz CT molecular complexity index is 1190. The van der Waals surface area contributed by atoms with Gasteiger partial charge in [-0.2, -0.15) is 0 Å². The Morgan fingerprint density at radius 2 is 1.55 bits per heavy atom. The molecule has 1 amide bonds. The molecule has 5 nitrogen and oxygen atoms in total. The van der Waals surface area contributed by atoms with Gasteiger partial charge >= 0.3 is 6.09 Å². The Hall–Kier alpha value is -3.57. The van der Waals surface area contributed by atoms with Crippen molar-refractivity contribution in [2.24, 2.45) is 0 Å². The van der Waals surface area contributed by atoms with Crippen molar-refractivity contribution in [1.82, 2.24) is 5.16 Å². The summed E-state index contributed by atoms with van der Waals surface area (Å²) >= 11 is 6.20. The Morgan fingerprint density at radius 1 is 0.935 bits per heavy atom. The van der Waals surface area contributed by atoms with Crippen molar-refractivity contribution in [1.29, 1.82) is 0 Å². The summed E-state index contributed by atoms with van der Waals surface area (Å²) in [5.74, 6) is 0.472. The molecule has 0 aliphatic carbocycles. The Labute approximate surface area is 185 Å². The molecule has 6 heteroatoms. The lowest BCUT2D eigenvalue weighted by atomic mass is 10.0. The summed E-state index contributed by atoms with van der Waals surface area (Å²) in [5.41, 5.74) is 4.78. The molecule has 1 N–H and O–H groups in total. The molecule has 4 aromatic rings. The zero-order valence-corrected chi connectivity index (χ0v) is 17.9. The van der Waals surface area contributed by atoms with E-state index in [1.165, 1.54) is 0 Å². The summed E-state index contributed by atoms with van der Waals surface area (Å²) in [4.78, 5) is 12.5. The highest BCUT2D eigenvalue weighted by atomic mass is 35.5. The largest absolute Gasteiger partial charge is 0.441 e. The van der Waals surface area contributed by atoms with Crippen LogP contribution in [0.5, 0.6) is 0 Å². The second-order valence-corrected chi connectivity index (χ2v) is 7.52.